The number of benzene rings is 3. The number of fused-ring (bicyclic) bond motifs is 1. The van der Waals surface area contributed by atoms with Crippen molar-refractivity contribution in [1.82, 2.24) is 10.2 Å². The van der Waals surface area contributed by atoms with Gasteiger partial charge in [-0.15, -0.1) is 0 Å². The van der Waals surface area contributed by atoms with Gasteiger partial charge >= 0.3 is 5.97 Å². The van der Waals surface area contributed by atoms with Gasteiger partial charge in [-0.05, 0) is 53.1 Å². The molecule has 0 radical (unpaired) electrons. The maximum absolute atomic E-state index is 13.2. The Morgan fingerprint density at radius 1 is 0.900 bits per heavy atom. The van der Waals surface area contributed by atoms with E-state index in [1.165, 1.54) is 0 Å². The number of ether oxygens (including phenoxy) is 5. The van der Waals surface area contributed by atoms with Gasteiger partial charge in [-0.3, -0.25) is 14.5 Å². The number of carbonyl (C=O) groups is 2. The zero-order valence-electron chi connectivity index (χ0n) is 22.6. The van der Waals surface area contributed by atoms with Gasteiger partial charge in [0, 0.05) is 25.0 Å². The maximum atomic E-state index is 13.2. The van der Waals surface area contributed by atoms with Crippen LogP contribution in [0, 0.1) is 5.92 Å². The highest BCUT2D eigenvalue weighted by atomic mass is 16.7. The molecule has 10 heteroatoms. The van der Waals surface area contributed by atoms with Crippen LogP contribution in [-0.4, -0.2) is 63.1 Å². The normalized spacial score (nSPS) is 19.7. The highest BCUT2D eigenvalue weighted by Gasteiger charge is 2.48. The zero-order chi connectivity index (χ0) is 28.2. The van der Waals surface area contributed by atoms with Crippen LogP contribution in [0.3, 0.4) is 0 Å². The molecule has 2 heterocycles. The summed E-state index contributed by atoms with van der Waals surface area (Å²) in [7, 11) is 4.70. The molecule has 10 nitrogen and oxygen atoms in total. The Hall–Kier alpha value is -4.44. The first-order valence-electron chi connectivity index (χ1n) is 12.9. The molecule has 3 aromatic carbocycles. The Morgan fingerprint density at radius 2 is 1.62 bits per heavy atom. The van der Waals surface area contributed by atoms with Crippen LogP contribution >= 0.6 is 0 Å². The SMILES string of the molecule is COc1ccc(C2C(C(=O)O)C(c3ccc4c(c3)OCO4)CN2CC(=O)NCc2ccc(OC)c(OC)c2)cc1. The highest BCUT2D eigenvalue weighted by molar-refractivity contribution is 5.79. The molecule has 0 bridgehead atoms. The number of aliphatic carboxylic acids is 1. The summed E-state index contributed by atoms with van der Waals surface area (Å²) < 4.78 is 26.9. The first-order chi connectivity index (χ1) is 19.4. The fourth-order valence-corrected chi connectivity index (χ4v) is 5.50. The molecule has 3 unspecified atom stereocenters. The molecule has 1 saturated heterocycles. The molecule has 2 aliphatic rings. The minimum absolute atomic E-state index is 0.0226. The lowest BCUT2D eigenvalue weighted by molar-refractivity contribution is -0.143. The fourth-order valence-electron chi connectivity index (χ4n) is 5.50. The van der Waals surface area contributed by atoms with Crippen LogP contribution < -0.4 is 29.0 Å². The van der Waals surface area contributed by atoms with E-state index in [0.717, 1.165) is 16.7 Å². The maximum Gasteiger partial charge on any atom is 0.309 e. The quantitative estimate of drug-likeness (QED) is 0.392. The van der Waals surface area contributed by atoms with Crippen LogP contribution in [0.25, 0.3) is 0 Å². The number of carboxylic acid groups (broad SMARTS) is 1. The zero-order valence-corrected chi connectivity index (χ0v) is 22.6. The minimum atomic E-state index is -0.934. The molecule has 5 rings (SSSR count). The monoisotopic (exact) mass is 548 g/mol. The van der Waals surface area contributed by atoms with Crippen molar-refractivity contribution in [3.63, 3.8) is 0 Å². The van der Waals surface area contributed by atoms with Crippen molar-refractivity contribution in [3.8, 4) is 28.7 Å². The van der Waals surface area contributed by atoms with E-state index in [9.17, 15) is 14.7 Å². The molecule has 0 saturated carbocycles. The van der Waals surface area contributed by atoms with Crippen LogP contribution in [-0.2, 0) is 16.1 Å². The molecule has 1 fully saturated rings. The number of nitrogens with one attached hydrogen (secondary N) is 1. The van der Waals surface area contributed by atoms with E-state index in [2.05, 4.69) is 5.32 Å². The van der Waals surface area contributed by atoms with Crippen molar-refractivity contribution in [2.24, 2.45) is 5.92 Å². The Balaban J connectivity index is 1.39. The standard InChI is InChI=1S/C30H32N2O8/c1-36-21-8-5-19(6-9-21)29-28(30(34)35)22(20-7-11-24-26(13-20)40-17-39-24)15-32(29)16-27(33)31-14-18-4-10-23(37-2)25(12-18)38-3/h4-13,22,28-29H,14-17H2,1-3H3,(H,31,33)(H,34,35). The number of hydrogen-bond acceptors (Lipinski definition) is 8. The van der Waals surface area contributed by atoms with Gasteiger partial charge in [-0.2, -0.15) is 0 Å². The van der Waals surface area contributed by atoms with Gasteiger partial charge in [-0.1, -0.05) is 24.3 Å². The molecule has 1 amide bonds. The smallest absolute Gasteiger partial charge is 0.309 e. The van der Waals surface area contributed by atoms with E-state index < -0.39 is 17.9 Å². The van der Waals surface area contributed by atoms with Gasteiger partial charge in [0.15, 0.2) is 23.0 Å². The first kappa shape index (κ1) is 27.1. The number of rotatable bonds is 10. The van der Waals surface area contributed by atoms with Crippen LogP contribution in [0.4, 0.5) is 0 Å². The molecule has 210 valence electrons. The molecule has 2 aliphatic heterocycles. The predicted octanol–water partition coefficient (Wildman–Crippen LogP) is 3.60. The first-order valence-corrected chi connectivity index (χ1v) is 12.9. The van der Waals surface area contributed by atoms with E-state index in [-0.39, 0.29) is 31.7 Å². The van der Waals surface area contributed by atoms with Crippen molar-refractivity contribution < 1.29 is 38.4 Å². The molecule has 3 aromatic rings. The number of carbonyl (C=O) groups excluding carboxylic acids is 1. The third-order valence-electron chi connectivity index (χ3n) is 7.45. The van der Waals surface area contributed by atoms with E-state index in [0.29, 0.717) is 35.3 Å². The molecular formula is C30H32N2O8. The van der Waals surface area contributed by atoms with Gasteiger partial charge in [0.05, 0.1) is 33.8 Å². The average Bonchev–Trinajstić information content (AvgIpc) is 3.60. The number of hydrogen-bond donors (Lipinski definition) is 2. The van der Waals surface area contributed by atoms with E-state index in [1.807, 2.05) is 41.3 Å². The summed E-state index contributed by atoms with van der Waals surface area (Å²) in [6.45, 7) is 0.812. The number of nitrogens with zero attached hydrogens (tertiary/aromatic N) is 1. The summed E-state index contributed by atoms with van der Waals surface area (Å²) in [4.78, 5) is 27.9. The van der Waals surface area contributed by atoms with E-state index >= 15 is 0 Å². The van der Waals surface area contributed by atoms with Crippen LogP contribution in [0.15, 0.2) is 60.7 Å². The Kier molecular flexibility index (Phi) is 7.97. The van der Waals surface area contributed by atoms with Gasteiger partial charge < -0.3 is 34.1 Å². The molecule has 0 spiro atoms. The summed E-state index contributed by atoms with van der Waals surface area (Å²) in [5.74, 6) is 0.738. The molecular weight excluding hydrogens is 516 g/mol. The Bertz CT molecular complexity index is 1380. The van der Waals surface area contributed by atoms with Crippen molar-refractivity contribution in [2.45, 2.75) is 18.5 Å². The summed E-state index contributed by atoms with van der Waals surface area (Å²) >= 11 is 0. The van der Waals surface area contributed by atoms with Gasteiger partial charge in [0.25, 0.3) is 0 Å². The molecule has 40 heavy (non-hydrogen) atoms. The molecule has 0 aliphatic carbocycles. The van der Waals surface area contributed by atoms with E-state index in [4.69, 9.17) is 23.7 Å². The van der Waals surface area contributed by atoms with Crippen molar-refractivity contribution in [3.05, 3.63) is 77.4 Å². The summed E-state index contributed by atoms with van der Waals surface area (Å²) in [6, 6.07) is 17.8. The van der Waals surface area contributed by atoms with Gasteiger partial charge in [0.2, 0.25) is 12.7 Å². The number of carboxylic acids is 1. The second-order valence-electron chi connectivity index (χ2n) is 9.70. The third kappa shape index (κ3) is 5.48. The van der Waals surface area contributed by atoms with Crippen LogP contribution in [0.5, 0.6) is 28.7 Å². The largest absolute Gasteiger partial charge is 0.497 e. The third-order valence-corrected chi connectivity index (χ3v) is 7.45. The lowest BCUT2D eigenvalue weighted by Crippen LogP contribution is -2.38. The number of amides is 1. The summed E-state index contributed by atoms with van der Waals surface area (Å²) in [6.07, 6.45) is 0. The highest BCUT2D eigenvalue weighted by Crippen LogP contribution is 2.47. The molecule has 3 atom stereocenters. The average molecular weight is 549 g/mol. The summed E-state index contributed by atoms with van der Waals surface area (Å²) in [5, 5.41) is 13.4. The number of methoxy groups -OCH3 is 3. The topological polar surface area (TPSA) is 116 Å². The van der Waals surface area contributed by atoms with Crippen LogP contribution in [0.1, 0.15) is 28.7 Å². The van der Waals surface area contributed by atoms with Crippen LogP contribution in [0.2, 0.25) is 0 Å². The second kappa shape index (κ2) is 11.7. The molecule has 0 aromatic heterocycles. The lowest BCUT2D eigenvalue weighted by atomic mass is 9.82. The van der Waals surface area contributed by atoms with Gasteiger partial charge in [0.1, 0.15) is 5.75 Å². The Morgan fingerprint density at radius 3 is 2.33 bits per heavy atom. The van der Waals surface area contributed by atoms with Crippen molar-refractivity contribution in [2.75, 3.05) is 41.2 Å². The van der Waals surface area contributed by atoms with Crippen molar-refractivity contribution >= 4 is 11.9 Å². The number of likely N-dealkylation sites (tertiary alicyclic amines) is 1. The minimum Gasteiger partial charge on any atom is -0.497 e. The van der Waals surface area contributed by atoms with Crippen molar-refractivity contribution in [1.29, 1.82) is 0 Å². The second-order valence-corrected chi connectivity index (χ2v) is 9.70. The van der Waals surface area contributed by atoms with E-state index in [1.54, 1.807) is 45.6 Å². The molecule has 2 N–H and O–H groups in total. The lowest BCUT2D eigenvalue weighted by Gasteiger charge is -2.27. The Labute approximate surface area is 232 Å². The predicted molar refractivity (Wildman–Crippen MR) is 145 cm³/mol. The fraction of sp³-hybridized carbons (Fsp3) is 0.333. The van der Waals surface area contributed by atoms with Gasteiger partial charge in [-0.25, -0.2) is 0 Å². The summed E-state index contributed by atoms with van der Waals surface area (Å²) in [5.41, 5.74) is 2.47.